The van der Waals surface area contributed by atoms with Crippen LogP contribution in [0, 0.1) is 0 Å². The zero-order valence-electron chi connectivity index (χ0n) is 11.1. The van der Waals surface area contributed by atoms with Crippen molar-refractivity contribution in [3.8, 4) is 0 Å². The minimum Gasteiger partial charge on any atom is -0.309 e. The molecule has 104 valence electrons. The molecule has 0 aliphatic heterocycles. The van der Waals surface area contributed by atoms with Crippen LogP contribution in [0.1, 0.15) is 24.4 Å². The fourth-order valence-corrected chi connectivity index (χ4v) is 3.04. The molecule has 20 heavy (non-hydrogen) atoms. The van der Waals surface area contributed by atoms with Gasteiger partial charge in [0.05, 0.1) is 22.5 Å². The van der Waals surface area contributed by atoms with Crippen molar-refractivity contribution in [1.29, 1.82) is 0 Å². The lowest BCUT2D eigenvalue weighted by Crippen LogP contribution is -2.24. The number of halogens is 1. The van der Waals surface area contributed by atoms with E-state index in [1.165, 1.54) is 0 Å². The van der Waals surface area contributed by atoms with E-state index in [4.69, 9.17) is 11.6 Å². The molecule has 0 radical (unpaired) electrons. The zero-order valence-corrected chi connectivity index (χ0v) is 12.7. The molecule has 0 bridgehead atoms. The molecule has 3 heterocycles. The summed E-state index contributed by atoms with van der Waals surface area (Å²) in [6.45, 7) is 2.98. The first-order valence-electron chi connectivity index (χ1n) is 6.52. The summed E-state index contributed by atoms with van der Waals surface area (Å²) in [5.41, 5.74) is 2.06. The van der Waals surface area contributed by atoms with E-state index < -0.39 is 0 Å². The average molecular weight is 307 g/mol. The third-order valence-electron chi connectivity index (χ3n) is 3.11. The standard InChI is InChI=1S/C14H15ClN4S/c1-2-16-13(12-4-3-10(15)8-17-12)7-11-9-19-5-6-20-14(19)18-11/h3-6,8-9,13,16H,2,7H2,1H3. The smallest absolute Gasteiger partial charge is 0.193 e. The van der Waals surface area contributed by atoms with Crippen molar-refractivity contribution in [2.45, 2.75) is 19.4 Å². The molecule has 3 rings (SSSR count). The van der Waals surface area contributed by atoms with Crippen molar-refractivity contribution in [2.24, 2.45) is 0 Å². The van der Waals surface area contributed by atoms with Crippen LogP contribution >= 0.6 is 22.9 Å². The first-order valence-corrected chi connectivity index (χ1v) is 7.78. The van der Waals surface area contributed by atoms with Crippen molar-refractivity contribution in [2.75, 3.05) is 6.54 Å². The summed E-state index contributed by atoms with van der Waals surface area (Å²) in [5, 5.41) is 6.15. The Kier molecular flexibility index (Phi) is 4.00. The van der Waals surface area contributed by atoms with Crippen molar-refractivity contribution in [3.05, 3.63) is 52.5 Å². The topological polar surface area (TPSA) is 42.2 Å². The minimum atomic E-state index is 0.155. The molecule has 0 saturated carbocycles. The van der Waals surface area contributed by atoms with Crippen LogP contribution in [0.25, 0.3) is 4.96 Å². The summed E-state index contributed by atoms with van der Waals surface area (Å²) in [4.78, 5) is 10.1. The molecule has 0 spiro atoms. The Bertz CT molecular complexity index is 660. The first-order chi connectivity index (χ1) is 9.76. The number of hydrogen-bond donors (Lipinski definition) is 1. The summed E-state index contributed by atoms with van der Waals surface area (Å²) in [5.74, 6) is 0. The van der Waals surface area contributed by atoms with Crippen LogP contribution in [0.15, 0.2) is 36.1 Å². The maximum Gasteiger partial charge on any atom is 0.193 e. The van der Waals surface area contributed by atoms with E-state index in [1.54, 1.807) is 17.5 Å². The Labute approximate surface area is 126 Å². The highest BCUT2D eigenvalue weighted by atomic mass is 35.5. The highest BCUT2D eigenvalue weighted by Crippen LogP contribution is 2.19. The van der Waals surface area contributed by atoms with Crippen molar-refractivity contribution >= 4 is 27.9 Å². The monoisotopic (exact) mass is 306 g/mol. The van der Waals surface area contributed by atoms with Gasteiger partial charge in [-0.3, -0.25) is 9.38 Å². The molecule has 6 heteroatoms. The van der Waals surface area contributed by atoms with Gasteiger partial charge in [-0.15, -0.1) is 11.3 Å². The van der Waals surface area contributed by atoms with Gasteiger partial charge < -0.3 is 5.32 Å². The molecule has 0 aliphatic carbocycles. The number of nitrogens with zero attached hydrogens (tertiary/aromatic N) is 3. The normalized spacial score (nSPS) is 12.9. The summed E-state index contributed by atoms with van der Waals surface area (Å²) in [6, 6.07) is 4.00. The van der Waals surface area contributed by atoms with E-state index in [0.717, 1.165) is 29.3 Å². The molecule has 0 aromatic carbocycles. The van der Waals surface area contributed by atoms with Crippen LogP contribution < -0.4 is 5.32 Å². The lowest BCUT2D eigenvalue weighted by atomic mass is 10.1. The Morgan fingerprint density at radius 1 is 1.45 bits per heavy atom. The maximum atomic E-state index is 5.90. The van der Waals surface area contributed by atoms with E-state index in [1.807, 2.05) is 23.7 Å². The molecule has 3 aromatic rings. The minimum absolute atomic E-state index is 0.155. The largest absolute Gasteiger partial charge is 0.309 e. The predicted octanol–water partition coefficient (Wildman–Crippen LogP) is 3.34. The molecular weight excluding hydrogens is 292 g/mol. The molecule has 1 N–H and O–H groups in total. The Hall–Kier alpha value is -1.43. The molecule has 0 amide bonds. The number of thiazole rings is 1. The van der Waals surface area contributed by atoms with Gasteiger partial charge in [-0.25, -0.2) is 4.98 Å². The van der Waals surface area contributed by atoms with Crippen LogP contribution in [0.3, 0.4) is 0 Å². The zero-order chi connectivity index (χ0) is 13.9. The van der Waals surface area contributed by atoms with E-state index in [0.29, 0.717) is 5.02 Å². The van der Waals surface area contributed by atoms with Gasteiger partial charge in [-0.2, -0.15) is 0 Å². The van der Waals surface area contributed by atoms with Gasteiger partial charge in [0.15, 0.2) is 4.96 Å². The maximum absolute atomic E-state index is 5.90. The van der Waals surface area contributed by atoms with Crippen LogP contribution in [0.2, 0.25) is 5.02 Å². The third-order valence-corrected chi connectivity index (χ3v) is 4.11. The third kappa shape index (κ3) is 2.85. The van der Waals surface area contributed by atoms with Crippen molar-refractivity contribution < 1.29 is 0 Å². The van der Waals surface area contributed by atoms with Gasteiger partial charge in [-0.05, 0) is 18.7 Å². The van der Waals surface area contributed by atoms with E-state index >= 15 is 0 Å². The van der Waals surface area contributed by atoms with Gasteiger partial charge >= 0.3 is 0 Å². The predicted molar refractivity (Wildman–Crippen MR) is 82.4 cm³/mol. The summed E-state index contributed by atoms with van der Waals surface area (Å²) in [7, 11) is 0. The van der Waals surface area contributed by atoms with Crippen LogP contribution in [0.4, 0.5) is 0 Å². The lowest BCUT2D eigenvalue weighted by molar-refractivity contribution is 0.532. The number of imidazole rings is 1. The van der Waals surface area contributed by atoms with Gasteiger partial charge in [0, 0.05) is 30.4 Å². The molecule has 1 atom stereocenters. The van der Waals surface area contributed by atoms with E-state index in [9.17, 15) is 0 Å². The Morgan fingerprint density at radius 3 is 3.05 bits per heavy atom. The molecule has 0 aliphatic rings. The molecule has 0 saturated heterocycles. The summed E-state index contributed by atoms with van der Waals surface area (Å²) < 4.78 is 2.05. The SMILES string of the molecule is CCNC(Cc1cn2ccsc2n1)c1ccc(Cl)cn1. The van der Waals surface area contributed by atoms with E-state index in [2.05, 4.69) is 32.8 Å². The second-order valence-electron chi connectivity index (χ2n) is 4.54. The van der Waals surface area contributed by atoms with Crippen LogP contribution in [-0.4, -0.2) is 20.9 Å². The number of likely N-dealkylation sites (N-methyl/N-ethyl adjacent to an activating group) is 1. The number of rotatable bonds is 5. The molecular formula is C14H15ClN4S. The fourth-order valence-electron chi connectivity index (χ4n) is 2.20. The number of fused-ring (bicyclic) bond motifs is 1. The van der Waals surface area contributed by atoms with Gasteiger partial charge in [0.2, 0.25) is 0 Å². The summed E-state index contributed by atoms with van der Waals surface area (Å²) >= 11 is 7.54. The second-order valence-corrected chi connectivity index (χ2v) is 5.85. The molecule has 1 unspecified atom stereocenters. The lowest BCUT2D eigenvalue weighted by Gasteiger charge is -2.16. The fraction of sp³-hybridized carbons (Fsp3) is 0.286. The van der Waals surface area contributed by atoms with Gasteiger partial charge in [0.1, 0.15) is 0 Å². The molecule has 3 aromatic heterocycles. The highest BCUT2D eigenvalue weighted by Gasteiger charge is 2.15. The van der Waals surface area contributed by atoms with E-state index in [-0.39, 0.29) is 6.04 Å². The number of aromatic nitrogens is 3. The number of hydrogen-bond acceptors (Lipinski definition) is 4. The van der Waals surface area contributed by atoms with Crippen molar-refractivity contribution in [3.63, 3.8) is 0 Å². The molecule has 4 nitrogen and oxygen atoms in total. The van der Waals surface area contributed by atoms with Crippen LogP contribution in [-0.2, 0) is 6.42 Å². The highest BCUT2D eigenvalue weighted by molar-refractivity contribution is 7.15. The van der Waals surface area contributed by atoms with Crippen LogP contribution in [0.5, 0.6) is 0 Å². The Balaban J connectivity index is 1.83. The number of pyridine rings is 1. The summed E-state index contributed by atoms with van der Waals surface area (Å²) in [6.07, 6.45) is 6.61. The first kappa shape index (κ1) is 13.5. The van der Waals surface area contributed by atoms with Gasteiger partial charge in [0.25, 0.3) is 0 Å². The Morgan fingerprint density at radius 2 is 2.35 bits per heavy atom. The quantitative estimate of drug-likeness (QED) is 0.786. The second kappa shape index (κ2) is 5.91. The number of nitrogens with one attached hydrogen (secondary N) is 1. The van der Waals surface area contributed by atoms with Gasteiger partial charge in [-0.1, -0.05) is 18.5 Å². The van der Waals surface area contributed by atoms with Crippen molar-refractivity contribution in [1.82, 2.24) is 19.7 Å². The average Bonchev–Trinajstić information content (AvgIpc) is 3.00. The molecule has 0 fully saturated rings.